The van der Waals surface area contributed by atoms with Crippen molar-refractivity contribution in [3.8, 4) is 5.75 Å². The van der Waals surface area contributed by atoms with Crippen molar-refractivity contribution < 1.29 is 14.3 Å². The number of methoxy groups -OCH3 is 1. The fourth-order valence-electron chi connectivity index (χ4n) is 6.30. The summed E-state index contributed by atoms with van der Waals surface area (Å²) in [6.07, 6.45) is 7.29. The average Bonchev–Trinajstić information content (AvgIpc) is 3.03. The van der Waals surface area contributed by atoms with Gasteiger partial charge in [-0.15, -0.1) is 0 Å². The first-order chi connectivity index (χ1) is 16.7. The van der Waals surface area contributed by atoms with Crippen LogP contribution in [0.5, 0.6) is 5.75 Å². The summed E-state index contributed by atoms with van der Waals surface area (Å²) in [5.41, 5.74) is 4.21. The van der Waals surface area contributed by atoms with E-state index in [1.54, 1.807) is 7.11 Å². The fourth-order valence-corrected chi connectivity index (χ4v) is 6.30. The number of carbonyl (C=O) groups excluding carboxylic acids is 2. The summed E-state index contributed by atoms with van der Waals surface area (Å²) < 4.78 is 5.36. The van der Waals surface area contributed by atoms with Crippen LogP contribution in [-0.4, -0.2) is 52.3 Å². The highest BCUT2D eigenvalue weighted by Crippen LogP contribution is 2.43. The molecule has 6 rings (SSSR count). The smallest absolute Gasteiger partial charge is 0.246 e. The Bertz CT molecular complexity index is 1220. The van der Waals surface area contributed by atoms with Gasteiger partial charge in [0.15, 0.2) is 0 Å². The lowest BCUT2D eigenvalue weighted by atomic mass is 9.85. The number of nitrogens with one attached hydrogen (secondary N) is 1. The zero-order valence-electron chi connectivity index (χ0n) is 19.6. The van der Waals surface area contributed by atoms with Gasteiger partial charge in [0, 0.05) is 29.1 Å². The number of carbonyl (C=O) groups is 2. The average molecular weight is 458 g/mol. The van der Waals surface area contributed by atoms with Gasteiger partial charge < -0.3 is 19.5 Å². The topological polar surface area (TPSA) is 65.6 Å². The van der Waals surface area contributed by atoms with Crippen molar-refractivity contribution in [1.29, 1.82) is 0 Å². The van der Waals surface area contributed by atoms with Crippen molar-refractivity contribution >= 4 is 22.7 Å². The molecule has 0 bridgehead atoms. The second kappa shape index (κ2) is 8.49. The number of hydrogen-bond donors (Lipinski definition) is 1. The lowest BCUT2D eigenvalue weighted by Gasteiger charge is -2.48. The molecule has 1 aromatic heterocycles. The van der Waals surface area contributed by atoms with E-state index in [9.17, 15) is 9.59 Å². The zero-order chi connectivity index (χ0) is 23.2. The van der Waals surface area contributed by atoms with Gasteiger partial charge in [0.1, 0.15) is 18.3 Å². The molecule has 1 saturated carbocycles. The third-order valence-corrected chi connectivity index (χ3v) is 7.99. The number of H-pyrrole nitrogens is 1. The maximum absolute atomic E-state index is 14.0. The highest BCUT2D eigenvalue weighted by molar-refractivity contribution is 5.97. The quantitative estimate of drug-likeness (QED) is 0.586. The summed E-state index contributed by atoms with van der Waals surface area (Å²) in [6, 6.07) is 15.5. The second-order valence-electron chi connectivity index (χ2n) is 9.87. The normalized spacial score (nSPS) is 23.6. The molecule has 3 aromatic rings. The van der Waals surface area contributed by atoms with Crippen LogP contribution in [0.1, 0.15) is 61.4 Å². The van der Waals surface area contributed by atoms with Gasteiger partial charge in [0.05, 0.1) is 13.2 Å². The first kappa shape index (κ1) is 21.3. The Morgan fingerprint density at radius 2 is 1.68 bits per heavy atom. The summed E-state index contributed by atoms with van der Waals surface area (Å²) >= 11 is 0. The summed E-state index contributed by atoms with van der Waals surface area (Å²) in [4.78, 5) is 35.1. The Labute approximate surface area is 199 Å². The maximum Gasteiger partial charge on any atom is 0.246 e. The number of aromatic amines is 1. The molecule has 0 spiro atoms. The number of amides is 2. The van der Waals surface area contributed by atoms with E-state index in [0.29, 0.717) is 6.42 Å². The summed E-state index contributed by atoms with van der Waals surface area (Å²) in [5.74, 6) is 0.925. The van der Waals surface area contributed by atoms with Crippen LogP contribution >= 0.6 is 0 Å². The fraction of sp³-hybridized carbons (Fsp3) is 0.429. The molecule has 6 heteroatoms. The van der Waals surface area contributed by atoms with Gasteiger partial charge in [-0.3, -0.25) is 9.59 Å². The highest BCUT2D eigenvalue weighted by atomic mass is 16.5. The van der Waals surface area contributed by atoms with Crippen LogP contribution in [0.4, 0.5) is 0 Å². The number of fused-ring (bicyclic) bond motifs is 4. The minimum Gasteiger partial charge on any atom is -0.497 e. The molecule has 3 aliphatic rings. The molecule has 3 heterocycles. The molecule has 2 atom stereocenters. The molecule has 0 unspecified atom stereocenters. The molecule has 0 radical (unpaired) electrons. The minimum absolute atomic E-state index is 0.0407. The zero-order valence-corrected chi connectivity index (χ0v) is 19.6. The van der Waals surface area contributed by atoms with Crippen molar-refractivity contribution in [2.45, 2.75) is 63.1 Å². The Hall–Kier alpha value is -3.28. The van der Waals surface area contributed by atoms with E-state index in [1.807, 2.05) is 46.2 Å². The number of nitrogens with zero attached hydrogens (tertiary/aromatic N) is 2. The van der Waals surface area contributed by atoms with E-state index in [4.69, 9.17) is 4.74 Å². The van der Waals surface area contributed by atoms with Crippen LogP contribution in [0, 0.1) is 0 Å². The van der Waals surface area contributed by atoms with Crippen molar-refractivity contribution in [3.63, 3.8) is 0 Å². The van der Waals surface area contributed by atoms with E-state index in [2.05, 4.69) is 17.1 Å². The van der Waals surface area contributed by atoms with E-state index in [0.717, 1.165) is 59.2 Å². The van der Waals surface area contributed by atoms with Crippen molar-refractivity contribution in [1.82, 2.24) is 14.8 Å². The van der Waals surface area contributed by atoms with Crippen molar-refractivity contribution in [2.24, 2.45) is 0 Å². The van der Waals surface area contributed by atoms with Crippen LogP contribution in [-0.2, 0) is 16.0 Å². The number of rotatable bonds is 3. The molecule has 1 N–H and O–H groups in total. The van der Waals surface area contributed by atoms with Crippen LogP contribution < -0.4 is 4.74 Å². The molecule has 2 aromatic carbocycles. The lowest BCUT2D eigenvalue weighted by molar-refractivity contribution is -0.161. The largest absolute Gasteiger partial charge is 0.497 e. The Kier molecular flexibility index (Phi) is 5.31. The number of para-hydroxylation sites is 1. The summed E-state index contributed by atoms with van der Waals surface area (Å²) in [6.45, 7) is 0.183. The predicted molar refractivity (Wildman–Crippen MR) is 131 cm³/mol. The van der Waals surface area contributed by atoms with Crippen molar-refractivity contribution in [3.05, 3.63) is 65.4 Å². The van der Waals surface area contributed by atoms with Gasteiger partial charge in [0.2, 0.25) is 11.8 Å². The lowest BCUT2D eigenvalue weighted by Crippen LogP contribution is -2.64. The molecule has 6 nitrogen and oxygen atoms in total. The summed E-state index contributed by atoms with van der Waals surface area (Å²) in [5, 5.41) is 1.14. The number of piperazine rings is 1. The molecule has 176 valence electrons. The SMILES string of the molecule is COc1ccc([C@H]2c3[nH]c4ccccc4c3C[C@H]3C(=O)N(C4CCCCCC4)CC(=O)N23)cc1. The Morgan fingerprint density at radius 1 is 0.941 bits per heavy atom. The van der Waals surface area contributed by atoms with E-state index >= 15 is 0 Å². The van der Waals surface area contributed by atoms with Crippen molar-refractivity contribution in [2.75, 3.05) is 13.7 Å². The van der Waals surface area contributed by atoms with Gasteiger partial charge in [-0.25, -0.2) is 0 Å². The number of benzene rings is 2. The number of ether oxygens (including phenoxy) is 1. The van der Waals surface area contributed by atoms with Crippen LogP contribution in [0.15, 0.2) is 48.5 Å². The van der Waals surface area contributed by atoms with Crippen LogP contribution in [0.25, 0.3) is 10.9 Å². The molecule has 2 fully saturated rings. The van der Waals surface area contributed by atoms with Gasteiger partial charge in [-0.05, 0) is 42.2 Å². The monoisotopic (exact) mass is 457 g/mol. The van der Waals surface area contributed by atoms with E-state index < -0.39 is 6.04 Å². The molecular weight excluding hydrogens is 426 g/mol. The third-order valence-electron chi connectivity index (χ3n) is 7.99. The Balaban J connectivity index is 1.45. The summed E-state index contributed by atoms with van der Waals surface area (Å²) in [7, 11) is 1.65. The second-order valence-corrected chi connectivity index (χ2v) is 9.87. The highest BCUT2D eigenvalue weighted by Gasteiger charge is 2.49. The van der Waals surface area contributed by atoms with Crippen LogP contribution in [0.3, 0.4) is 0 Å². The van der Waals surface area contributed by atoms with Gasteiger partial charge >= 0.3 is 0 Å². The standard InChI is InChI=1S/C28H31N3O3/c1-34-20-14-12-18(13-15-20)27-26-22(21-10-6-7-11-23(21)29-26)16-24-28(33)30(17-25(32)31(24)27)19-8-4-2-3-5-9-19/h6-7,10-15,19,24,27,29H,2-5,8-9,16-17H2,1H3/t24-,27-/m0/s1. The van der Waals surface area contributed by atoms with Gasteiger partial charge in [-0.1, -0.05) is 56.0 Å². The predicted octanol–water partition coefficient (Wildman–Crippen LogP) is 4.58. The van der Waals surface area contributed by atoms with E-state index in [1.165, 1.54) is 12.8 Å². The molecule has 1 aliphatic carbocycles. The van der Waals surface area contributed by atoms with Gasteiger partial charge in [-0.2, -0.15) is 0 Å². The number of hydrogen-bond acceptors (Lipinski definition) is 3. The third kappa shape index (κ3) is 3.39. The Morgan fingerprint density at radius 3 is 2.41 bits per heavy atom. The first-order valence-electron chi connectivity index (χ1n) is 12.5. The molecule has 2 amide bonds. The minimum atomic E-state index is -0.469. The molecule has 34 heavy (non-hydrogen) atoms. The van der Waals surface area contributed by atoms with Crippen LogP contribution in [0.2, 0.25) is 0 Å². The van der Waals surface area contributed by atoms with E-state index in [-0.39, 0.29) is 30.4 Å². The number of aromatic nitrogens is 1. The molecule has 1 saturated heterocycles. The first-order valence-corrected chi connectivity index (χ1v) is 12.5. The molecule has 2 aliphatic heterocycles. The maximum atomic E-state index is 14.0. The van der Waals surface area contributed by atoms with Gasteiger partial charge in [0.25, 0.3) is 0 Å². The molecular formula is C28H31N3O3.